The van der Waals surface area contributed by atoms with Crippen molar-refractivity contribution >= 4 is 12.2 Å². The molecular formula is C12H21N2O2+. The number of allylic oxidation sites excluding steroid dienone is 2. The van der Waals surface area contributed by atoms with Crippen molar-refractivity contribution in [3.05, 3.63) is 11.3 Å². The van der Waals surface area contributed by atoms with E-state index < -0.39 is 0 Å². The van der Waals surface area contributed by atoms with Crippen LogP contribution in [0.15, 0.2) is 11.3 Å². The third-order valence-electron chi connectivity index (χ3n) is 2.96. The lowest BCUT2D eigenvalue weighted by molar-refractivity contribution is -0.600. The van der Waals surface area contributed by atoms with E-state index in [1.54, 1.807) is 0 Å². The Hall–Kier alpha value is -1.16. The van der Waals surface area contributed by atoms with E-state index in [2.05, 4.69) is 6.92 Å². The number of carbonyl (C=O) groups excluding carboxylic acids is 1. The molecule has 3 N–H and O–H groups in total. The van der Waals surface area contributed by atoms with Crippen LogP contribution in [-0.2, 0) is 9.53 Å². The second kappa shape index (κ2) is 6.43. The molecule has 0 unspecified atom stereocenters. The predicted molar refractivity (Wildman–Crippen MR) is 62.3 cm³/mol. The predicted octanol–water partition coefficient (Wildman–Crippen LogP) is 0.837. The van der Waals surface area contributed by atoms with Gasteiger partial charge in [0.15, 0.2) is 6.54 Å². The standard InChI is InChI=1S/C12H20N2O2/c1-3-16-12(15)8-14-11-6-4-5-9(2)10(11)7-13/h7,9,13-14H,3-6,8H2,1-2H3/p+1/t9-/m0/s1. The molecule has 90 valence electrons. The number of esters is 1. The summed E-state index contributed by atoms with van der Waals surface area (Å²) in [5.41, 5.74) is 2.23. The quantitative estimate of drug-likeness (QED) is 0.538. The fraction of sp³-hybridized carbons (Fsp3) is 0.667. The van der Waals surface area contributed by atoms with Crippen LogP contribution < -0.4 is 5.32 Å². The molecule has 1 aliphatic rings. The van der Waals surface area contributed by atoms with Gasteiger partial charge in [0, 0.05) is 18.2 Å². The van der Waals surface area contributed by atoms with E-state index >= 15 is 0 Å². The van der Waals surface area contributed by atoms with Crippen LogP contribution in [0.1, 0.15) is 33.1 Å². The highest BCUT2D eigenvalue weighted by atomic mass is 16.5. The minimum Gasteiger partial charge on any atom is -0.462 e. The number of nitrogens with one attached hydrogen (secondary N) is 1. The van der Waals surface area contributed by atoms with E-state index in [9.17, 15) is 4.79 Å². The summed E-state index contributed by atoms with van der Waals surface area (Å²) in [5.74, 6) is 0.261. The second-order valence-corrected chi connectivity index (χ2v) is 4.13. The number of hydrogen-bond acceptors (Lipinski definition) is 3. The summed E-state index contributed by atoms with van der Waals surface area (Å²) >= 11 is 0. The smallest absolute Gasteiger partial charge is 0.362 e. The van der Waals surface area contributed by atoms with Gasteiger partial charge in [-0.3, -0.25) is 0 Å². The van der Waals surface area contributed by atoms with Crippen molar-refractivity contribution in [3.8, 4) is 0 Å². The summed E-state index contributed by atoms with van der Waals surface area (Å²) in [6, 6.07) is 0. The molecule has 1 rings (SSSR count). The Morgan fingerprint density at radius 3 is 3.06 bits per heavy atom. The van der Waals surface area contributed by atoms with E-state index in [0.717, 1.165) is 30.5 Å². The second-order valence-electron chi connectivity index (χ2n) is 4.13. The molecule has 1 aliphatic carbocycles. The first-order valence-corrected chi connectivity index (χ1v) is 5.91. The highest BCUT2D eigenvalue weighted by Crippen LogP contribution is 2.24. The largest absolute Gasteiger partial charge is 0.462 e. The third-order valence-corrected chi connectivity index (χ3v) is 2.96. The molecule has 0 fully saturated rings. The maximum Gasteiger partial charge on any atom is 0.362 e. The maximum absolute atomic E-state index is 11.2. The van der Waals surface area contributed by atoms with Gasteiger partial charge in [-0.15, -0.1) is 0 Å². The van der Waals surface area contributed by atoms with Crippen LogP contribution in [0.25, 0.3) is 0 Å². The Bertz CT molecular complexity index is 297. The van der Waals surface area contributed by atoms with E-state index in [0.29, 0.717) is 19.1 Å². The third kappa shape index (κ3) is 3.45. The van der Waals surface area contributed by atoms with Crippen molar-refractivity contribution in [1.29, 1.82) is 5.41 Å². The summed E-state index contributed by atoms with van der Waals surface area (Å²) < 4.78 is 4.88. The molecule has 0 aromatic heterocycles. The van der Waals surface area contributed by atoms with Gasteiger partial charge in [0.05, 0.1) is 6.61 Å². The first-order valence-electron chi connectivity index (χ1n) is 5.91. The zero-order valence-electron chi connectivity index (χ0n) is 10.1. The Balaban J connectivity index is 2.56. The fourth-order valence-electron chi connectivity index (χ4n) is 2.10. The molecule has 0 aromatic rings. The highest BCUT2D eigenvalue weighted by Gasteiger charge is 2.21. The van der Waals surface area contributed by atoms with Crippen LogP contribution in [-0.4, -0.2) is 25.3 Å². The minimum atomic E-state index is -0.183. The topological polar surface area (TPSA) is 66.8 Å². The van der Waals surface area contributed by atoms with E-state index in [1.807, 2.05) is 12.2 Å². The van der Waals surface area contributed by atoms with Gasteiger partial charge in [-0.05, 0) is 25.7 Å². The molecule has 0 saturated heterocycles. The fourth-order valence-corrected chi connectivity index (χ4v) is 2.10. The van der Waals surface area contributed by atoms with Gasteiger partial charge in [-0.25, -0.2) is 4.79 Å². The van der Waals surface area contributed by atoms with Crippen molar-refractivity contribution in [3.63, 3.8) is 0 Å². The number of nitrogens with two attached hydrogens (primary N) is 1. The summed E-state index contributed by atoms with van der Waals surface area (Å²) in [4.78, 5) is 11.2. The SMILES string of the molecule is CCOC(=O)C[NH2+]C1=C(C=N)[C@@H](C)CCC1. The Morgan fingerprint density at radius 2 is 2.44 bits per heavy atom. The van der Waals surface area contributed by atoms with Gasteiger partial charge in [0.2, 0.25) is 0 Å². The lowest BCUT2D eigenvalue weighted by Gasteiger charge is -2.20. The van der Waals surface area contributed by atoms with Crippen LogP contribution in [0.2, 0.25) is 0 Å². The van der Waals surface area contributed by atoms with Crippen LogP contribution in [0.4, 0.5) is 0 Å². The lowest BCUT2D eigenvalue weighted by atomic mass is 9.87. The monoisotopic (exact) mass is 225 g/mol. The van der Waals surface area contributed by atoms with Gasteiger partial charge < -0.3 is 15.5 Å². The molecule has 1 atom stereocenters. The Labute approximate surface area is 96.6 Å². The highest BCUT2D eigenvalue weighted by molar-refractivity contribution is 5.77. The van der Waals surface area contributed by atoms with Gasteiger partial charge >= 0.3 is 5.97 Å². The number of ether oxygens (including phenoxy) is 1. The Kier molecular flexibility index (Phi) is 5.19. The van der Waals surface area contributed by atoms with Crippen LogP contribution in [0.3, 0.4) is 0 Å². The first kappa shape index (κ1) is 12.9. The number of rotatable bonds is 5. The van der Waals surface area contributed by atoms with Gasteiger partial charge in [0.1, 0.15) is 5.70 Å². The van der Waals surface area contributed by atoms with Gasteiger partial charge in [-0.1, -0.05) is 6.92 Å². The summed E-state index contributed by atoms with van der Waals surface area (Å²) in [5, 5.41) is 9.33. The van der Waals surface area contributed by atoms with Crippen LogP contribution in [0, 0.1) is 11.3 Å². The molecule has 0 bridgehead atoms. The van der Waals surface area contributed by atoms with E-state index in [4.69, 9.17) is 10.1 Å². The van der Waals surface area contributed by atoms with Crippen molar-refractivity contribution in [2.45, 2.75) is 33.1 Å². The van der Waals surface area contributed by atoms with Crippen LogP contribution >= 0.6 is 0 Å². The minimum absolute atomic E-state index is 0.183. The molecule has 0 amide bonds. The molecule has 0 spiro atoms. The number of hydrogen-bond donors (Lipinski definition) is 2. The molecule has 0 aliphatic heterocycles. The molecule has 0 radical (unpaired) electrons. The lowest BCUT2D eigenvalue weighted by Crippen LogP contribution is -2.84. The number of carbonyl (C=O) groups is 1. The van der Waals surface area contributed by atoms with E-state index in [-0.39, 0.29) is 5.97 Å². The van der Waals surface area contributed by atoms with Crippen molar-refractivity contribution in [1.82, 2.24) is 0 Å². The number of quaternary nitrogens is 1. The zero-order valence-corrected chi connectivity index (χ0v) is 10.1. The molecule has 16 heavy (non-hydrogen) atoms. The molecular weight excluding hydrogens is 204 g/mol. The molecule has 0 saturated carbocycles. The van der Waals surface area contributed by atoms with Crippen LogP contribution in [0.5, 0.6) is 0 Å². The molecule has 0 aromatic carbocycles. The zero-order chi connectivity index (χ0) is 12.0. The molecule has 4 heteroatoms. The summed E-state index contributed by atoms with van der Waals surface area (Å²) in [7, 11) is 0. The van der Waals surface area contributed by atoms with Crippen molar-refractivity contribution < 1.29 is 14.8 Å². The van der Waals surface area contributed by atoms with E-state index in [1.165, 1.54) is 6.21 Å². The Morgan fingerprint density at radius 1 is 1.69 bits per heavy atom. The first-order chi connectivity index (χ1) is 7.69. The average molecular weight is 225 g/mol. The molecule has 0 heterocycles. The maximum atomic E-state index is 11.2. The molecule has 4 nitrogen and oxygen atoms in total. The summed E-state index contributed by atoms with van der Waals surface area (Å²) in [6.45, 7) is 4.70. The van der Waals surface area contributed by atoms with Crippen molar-refractivity contribution in [2.24, 2.45) is 5.92 Å². The van der Waals surface area contributed by atoms with Gasteiger partial charge in [-0.2, -0.15) is 0 Å². The van der Waals surface area contributed by atoms with Gasteiger partial charge in [0.25, 0.3) is 0 Å². The van der Waals surface area contributed by atoms with Crippen molar-refractivity contribution in [2.75, 3.05) is 13.2 Å². The summed E-state index contributed by atoms with van der Waals surface area (Å²) in [6.07, 6.45) is 4.70. The average Bonchev–Trinajstić information content (AvgIpc) is 2.27. The normalized spacial score (nSPS) is 20.8.